The Labute approximate surface area is 315 Å². The molecule has 0 bridgehead atoms. The maximum absolute atomic E-state index is 15.1. The van der Waals surface area contributed by atoms with Crippen molar-refractivity contribution >= 4 is 56.6 Å². The molecular weight excluding hydrogens is 734 g/mol. The molecule has 9 heteroatoms. The van der Waals surface area contributed by atoms with Crippen molar-refractivity contribution in [2.45, 2.75) is 18.3 Å². The highest BCUT2D eigenvalue weighted by Crippen LogP contribution is 2.61. The lowest BCUT2D eigenvalue weighted by Crippen LogP contribution is -2.59. The highest BCUT2D eigenvalue weighted by molar-refractivity contribution is 9.10. The Kier molecular flexibility index (Phi) is 8.77. The van der Waals surface area contributed by atoms with E-state index in [2.05, 4.69) is 15.9 Å². The SMILES string of the molecule is COc1cc(C=CC2C3=CCC4C(=O)N(c5ccc(Br)cc5)C(=O)C4C3CC3C(=O)C(c4ccccc4)=CC(=O)C23c2ccccc2)cc(OC)c1O. The average molecular weight is 771 g/mol. The van der Waals surface area contributed by atoms with Crippen molar-refractivity contribution in [3.63, 3.8) is 0 Å². The second-order valence-corrected chi connectivity index (χ2v) is 14.9. The van der Waals surface area contributed by atoms with E-state index in [0.717, 1.165) is 10.0 Å². The number of anilines is 1. The van der Waals surface area contributed by atoms with Crippen LogP contribution in [0.5, 0.6) is 17.2 Å². The number of fused-ring (bicyclic) bond motifs is 4. The molecule has 53 heavy (non-hydrogen) atoms. The molecule has 0 radical (unpaired) electrons. The number of rotatable bonds is 7. The van der Waals surface area contributed by atoms with Crippen LogP contribution in [-0.4, -0.2) is 42.7 Å². The Hall–Kier alpha value is -5.54. The zero-order chi connectivity index (χ0) is 37.0. The van der Waals surface area contributed by atoms with Crippen LogP contribution in [-0.2, 0) is 24.6 Å². The first-order valence-corrected chi connectivity index (χ1v) is 18.4. The molecule has 1 aliphatic heterocycles. The maximum atomic E-state index is 15.1. The summed E-state index contributed by atoms with van der Waals surface area (Å²) in [5.74, 6) is -3.96. The number of benzene rings is 4. The molecule has 1 saturated carbocycles. The summed E-state index contributed by atoms with van der Waals surface area (Å²) in [7, 11) is 2.90. The number of carbonyl (C=O) groups is 4. The van der Waals surface area contributed by atoms with Crippen LogP contribution in [0, 0.1) is 29.6 Å². The summed E-state index contributed by atoms with van der Waals surface area (Å²) < 4.78 is 11.7. The topological polar surface area (TPSA) is 110 Å². The van der Waals surface area contributed by atoms with Crippen LogP contribution in [0.4, 0.5) is 5.69 Å². The number of hydrogen-bond donors (Lipinski definition) is 1. The number of Topliss-reactive ketones (excluding diaryl/α,β-unsaturated/α-hetero) is 1. The van der Waals surface area contributed by atoms with Crippen molar-refractivity contribution in [2.75, 3.05) is 19.1 Å². The predicted molar refractivity (Wildman–Crippen MR) is 204 cm³/mol. The second-order valence-electron chi connectivity index (χ2n) is 14.0. The molecule has 0 spiro atoms. The number of halogens is 1. The van der Waals surface area contributed by atoms with E-state index in [9.17, 15) is 14.7 Å². The Bertz CT molecular complexity index is 2220. The summed E-state index contributed by atoms with van der Waals surface area (Å²) in [6, 6.07) is 29.1. The summed E-state index contributed by atoms with van der Waals surface area (Å²) in [6.45, 7) is 0. The van der Waals surface area contributed by atoms with E-state index >= 15 is 9.59 Å². The number of nitrogens with zero attached hydrogens (tertiary/aromatic N) is 1. The van der Waals surface area contributed by atoms with E-state index in [1.807, 2.05) is 78.9 Å². The molecule has 4 aliphatic rings. The second kappa shape index (κ2) is 13.5. The Morgan fingerprint density at radius 3 is 2.11 bits per heavy atom. The molecule has 4 aromatic rings. The third kappa shape index (κ3) is 5.40. The van der Waals surface area contributed by atoms with E-state index in [-0.39, 0.29) is 47.1 Å². The molecule has 1 saturated heterocycles. The Morgan fingerprint density at radius 1 is 0.830 bits per heavy atom. The van der Waals surface area contributed by atoms with Crippen molar-refractivity contribution in [1.29, 1.82) is 0 Å². The monoisotopic (exact) mass is 769 g/mol. The number of allylic oxidation sites excluding steroid dienone is 5. The first-order chi connectivity index (χ1) is 25.7. The molecule has 266 valence electrons. The number of hydrogen-bond acceptors (Lipinski definition) is 7. The summed E-state index contributed by atoms with van der Waals surface area (Å²) in [6.07, 6.45) is 7.85. The first kappa shape index (κ1) is 34.5. The van der Waals surface area contributed by atoms with Gasteiger partial charge in [-0.25, -0.2) is 0 Å². The highest BCUT2D eigenvalue weighted by atomic mass is 79.9. The molecule has 0 aromatic heterocycles. The molecule has 6 atom stereocenters. The normalized spacial score (nSPS) is 26.5. The summed E-state index contributed by atoms with van der Waals surface area (Å²) >= 11 is 3.44. The van der Waals surface area contributed by atoms with Gasteiger partial charge in [-0.05, 0) is 77.9 Å². The Morgan fingerprint density at radius 2 is 1.47 bits per heavy atom. The highest BCUT2D eigenvalue weighted by Gasteiger charge is 2.65. The van der Waals surface area contributed by atoms with E-state index in [1.165, 1.54) is 25.2 Å². The van der Waals surface area contributed by atoms with E-state index in [0.29, 0.717) is 34.4 Å². The first-order valence-electron chi connectivity index (χ1n) is 17.6. The molecule has 1 N–H and O–H groups in total. The van der Waals surface area contributed by atoms with Crippen molar-refractivity contribution < 1.29 is 33.8 Å². The van der Waals surface area contributed by atoms with Crippen LogP contribution in [0.25, 0.3) is 11.6 Å². The molecule has 2 fully saturated rings. The molecular formula is C44H36BrNO7. The van der Waals surface area contributed by atoms with Crippen molar-refractivity contribution in [1.82, 2.24) is 0 Å². The quantitative estimate of drug-likeness (QED) is 0.151. The molecule has 8 nitrogen and oxygen atoms in total. The van der Waals surface area contributed by atoms with Gasteiger partial charge in [0.1, 0.15) is 0 Å². The van der Waals surface area contributed by atoms with E-state index < -0.39 is 35.0 Å². The smallest absolute Gasteiger partial charge is 0.238 e. The minimum atomic E-state index is -1.34. The van der Waals surface area contributed by atoms with Crippen LogP contribution < -0.4 is 14.4 Å². The Balaban J connectivity index is 1.33. The molecule has 4 aromatic carbocycles. The molecule has 1 heterocycles. The van der Waals surface area contributed by atoms with Crippen molar-refractivity contribution in [2.24, 2.45) is 29.6 Å². The number of aromatic hydroxyl groups is 1. The van der Waals surface area contributed by atoms with Gasteiger partial charge in [0.2, 0.25) is 17.6 Å². The number of imide groups is 1. The number of amides is 2. The lowest BCUT2D eigenvalue weighted by molar-refractivity contribution is -0.135. The number of phenolic OH excluding ortho intramolecular Hbond substituents is 1. The van der Waals surface area contributed by atoms with Gasteiger partial charge in [-0.1, -0.05) is 100 Å². The largest absolute Gasteiger partial charge is 0.502 e. The fourth-order valence-corrected chi connectivity index (χ4v) is 9.45. The summed E-state index contributed by atoms with van der Waals surface area (Å²) in [4.78, 5) is 60.0. The molecule has 3 aliphatic carbocycles. The lowest BCUT2D eigenvalue weighted by atomic mass is 9.45. The van der Waals surface area contributed by atoms with Gasteiger partial charge in [0, 0.05) is 21.9 Å². The van der Waals surface area contributed by atoms with Gasteiger partial charge in [-0.2, -0.15) is 0 Å². The minimum absolute atomic E-state index is 0.141. The number of carbonyl (C=O) groups excluding carboxylic acids is 4. The molecule has 8 rings (SSSR count). The van der Waals surface area contributed by atoms with Crippen LogP contribution in [0.15, 0.2) is 125 Å². The van der Waals surface area contributed by atoms with Gasteiger partial charge in [0.05, 0.1) is 37.2 Å². The number of ether oxygens (including phenoxy) is 2. The third-order valence-corrected chi connectivity index (χ3v) is 12.0. The van der Waals surface area contributed by atoms with E-state index in [4.69, 9.17) is 9.47 Å². The zero-order valence-corrected chi connectivity index (χ0v) is 30.7. The van der Waals surface area contributed by atoms with Crippen molar-refractivity contribution in [3.8, 4) is 17.2 Å². The third-order valence-electron chi connectivity index (χ3n) is 11.5. The summed E-state index contributed by atoms with van der Waals surface area (Å²) in [5, 5.41) is 10.6. The number of phenols is 1. The fourth-order valence-electron chi connectivity index (χ4n) is 9.18. The van der Waals surface area contributed by atoms with Gasteiger partial charge in [-0.15, -0.1) is 0 Å². The van der Waals surface area contributed by atoms with Gasteiger partial charge in [-0.3, -0.25) is 24.1 Å². The molecule has 2 amide bonds. The predicted octanol–water partition coefficient (Wildman–Crippen LogP) is 7.75. The van der Waals surface area contributed by atoms with Crippen LogP contribution in [0.2, 0.25) is 0 Å². The van der Waals surface area contributed by atoms with Crippen LogP contribution >= 0.6 is 15.9 Å². The number of ketones is 2. The average Bonchev–Trinajstić information content (AvgIpc) is 3.44. The van der Waals surface area contributed by atoms with Crippen LogP contribution in [0.1, 0.15) is 29.5 Å². The minimum Gasteiger partial charge on any atom is -0.502 e. The van der Waals surface area contributed by atoms with Gasteiger partial charge in [0.15, 0.2) is 23.1 Å². The fraction of sp³-hybridized carbons (Fsp3) is 0.227. The molecule has 6 unspecified atom stereocenters. The van der Waals surface area contributed by atoms with E-state index in [1.54, 1.807) is 36.4 Å². The van der Waals surface area contributed by atoms with Gasteiger partial charge >= 0.3 is 0 Å². The van der Waals surface area contributed by atoms with Gasteiger partial charge in [0.25, 0.3) is 0 Å². The lowest BCUT2D eigenvalue weighted by Gasteiger charge is -2.54. The zero-order valence-electron chi connectivity index (χ0n) is 29.1. The van der Waals surface area contributed by atoms with Gasteiger partial charge < -0.3 is 14.6 Å². The van der Waals surface area contributed by atoms with Crippen molar-refractivity contribution in [3.05, 3.63) is 142 Å². The maximum Gasteiger partial charge on any atom is 0.238 e. The number of methoxy groups -OCH3 is 2. The standard InChI is InChI=1S/C44H36BrNO7/c1-52-36-21-25(22-37(53-2)41(36)49)13-20-34-30-18-19-31-39(43(51)46(42(31)50)29-16-14-28(45)15-17-29)33(30)23-35-40(48)32(26-9-5-3-6-10-26)24-38(47)44(34,35)27-11-7-4-8-12-27/h3-18,20-22,24,31,33-35,39,49H,19,23H2,1-2H3. The van der Waals surface area contributed by atoms with Crippen LogP contribution in [0.3, 0.4) is 0 Å². The summed E-state index contributed by atoms with van der Waals surface area (Å²) in [5.41, 5.74) is 2.35.